The van der Waals surface area contributed by atoms with E-state index in [9.17, 15) is 17.6 Å². The fourth-order valence-corrected chi connectivity index (χ4v) is 2.39. The van der Waals surface area contributed by atoms with Crippen LogP contribution in [0.1, 0.15) is 33.3 Å². The summed E-state index contributed by atoms with van der Waals surface area (Å²) < 4.78 is 63.6. The van der Waals surface area contributed by atoms with E-state index in [1.54, 1.807) is 27.7 Å². The van der Waals surface area contributed by atoms with Crippen LogP contribution in [0.15, 0.2) is 16.6 Å². The molecule has 1 aromatic rings. The molecular weight excluding hydrogens is 355 g/mol. The van der Waals surface area contributed by atoms with Crippen LogP contribution >= 0.6 is 15.9 Å². The molecule has 1 fully saturated rings. The van der Waals surface area contributed by atoms with Gasteiger partial charge in [-0.15, -0.1) is 0 Å². The van der Waals surface area contributed by atoms with E-state index in [1.165, 1.54) is 0 Å². The van der Waals surface area contributed by atoms with Gasteiger partial charge in [-0.3, -0.25) is 0 Å². The van der Waals surface area contributed by atoms with E-state index < -0.39 is 35.9 Å². The Bertz CT molecular complexity index is 556. The molecule has 1 aromatic carbocycles. The van der Waals surface area contributed by atoms with Gasteiger partial charge in [0.2, 0.25) is 0 Å². The number of benzene rings is 1. The van der Waals surface area contributed by atoms with Crippen molar-refractivity contribution in [1.82, 2.24) is 0 Å². The quantitative estimate of drug-likeness (QED) is 0.552. The van der Waals surface area contributed by atoms with E-state index >= 15 is 0 Å². The standard InChI is InChI=1S/C13H14BBrF4O2/c1-11(2)12(3,4)21-14(20-11)8-5-7(13(17,18)19)6-9(15)10(8)16/h5-6H,1-4H3. The molecule has 0 N–H and O–H groups in total. The molecule has 1 heterocycles. The van der Waals surface area contributed by atoms with Crippen LogP contribution in [0.5, 0.6) is 0 Å². The number of hydrogen-bond acceptors (Lipinski definition) is 2. The molecule has 0 amide bonds. The monoisotopic (exact) mass is 368 g/mol. The van der Waals surface area contributed by atoms with E-state index in [2.05, 4.69) is 15.9 Å². The highest BCUT2D eigenvalue weighted by Crippen LogP contribution is 2.38. The fourth-order valence-electron chi connectivity index (χ4n) is 1.92. The van der Waals surface area contributed by atoms with Crippen molar-refractivity contribution in [2.75, 3.05) is 0 Å². The van der Waals surface area contributed by atoms with Crippen molar-refractivity contribution in [2.45, 2.75) is 45.1 Å². The molecular formula is C13H14BBrF4O2. The van der Waals surface area contributed by atoms with E-state index in [0.29, 0.717) is 6.07 Å². The molecule has 1 saturated heterocycles. The Hall–Kier alpha value is -0.595. The highest BCUT2D eigenvalue weighted by Gasteiger charge is 2.53. The maximum absolute atomic E-state index is 14.2. The zero-order valence-electron chi connectivity index (χ0n) is 11.9. The Labute approximate surface area is 129 Å². The Morgan fingerprint density at radius 3 is 1.95 bits per heavy atom. The highest BCUT2D eigenvalue weighted by atomic mass is 79.9. The van der Waals surface area contributed by atoms with Gasteiger partial charge in [0, 0.05) is 5.46 Å². The minimum absolute atomic E-state index is 0.268. The predicted molar refractivity (Wildman–Crippen MR) is 74.8 cm³/mol. The Morgan fingerprint density at radius 2 is 1.52 bits per heavy atom. The lowest BCUT2D eigenvalue weighted by atomic mass is 9.78. The number of alkyl halides is 3. The van der Waals surface area contributed by atoms with E-state index in [-0.39, 0.29) is 9.94 Å². The van der Waals surface area contributed by atoms with Crippen molar-refractivity contribution >= 4 is 28.5 Å². The first-order valence-corrected chi connectivity index (χ1v) is 7.06. The number of halogens is 5. The van der Waals surface area contributed by atoms with Gasteiger partial charge in [0.1, 0.15) is 5.82 Å². The minimum Gasteiger partial charge on any atom is -0.399 e. The summed E-state index contributed by atoms with van der Waals surface area (Å²) in [5.41, 5.74) is -2.74. The van der Waals surface area contributed by atoms with Crippen LogP contribution in [0.2, 0.25) is 0 Å². The first-order valence-electron chi connectivity index (χ1n) is 6.27. The summed E-state index contributed by atoms with van der Waals surface area (Å²) in [6, 6.07) is 1.42. The summed E-state index contributed by atoms with van der Waals surface area (Å²) in [4.78, 5) is 0. The number of hydrogen-bond donors (Lipinski definition) is 0. The molecule has 0 saturated carbocycles. The summed E-state index contributed by atoms with van der Waals surface area (Å²) in [6.07, 6.45) is -4.57. The van der Waals surface area contributed by atoms with Crippen LogP contribution in [0.25, 0.3) is 0 Å². The van der Waals surface area contributed by atoms with Gasteiger partial charge in [-0.2, -0.15) is 13.2 Å². The van der Waals surface area contributed by atoms with Crippen molar-refractivity contribution in [1.29, 1.82) is 0 Å². The Morgan fingerprint density at radius 1 is 1.05 bits per heavy atom. The molecule has 2 rings (SSSR count). The van der Waals surface area contributed by atoms with Gasteiger partial charge in [-0.25, -0.2) is 4.39 Å². The van der Waals surface area contributed by atoms with Crippen molar-refractivity contribution < 1.29 is 26.9 Å². The maximum Gasteiger partial charge on any atom is 0.497 e. The third-order valence-electron chi connectivity index (χ3n) is 3.89. The second-order valence-corrected chi connectivity index (χ2v) is 6.80. The topological polar surface area (TPSA) is 18.5 Å². The average Bonchev–Trinajstić information content (AvgIpc) is 2.50. The predicted octanol–water partition coefficient (Wildman–Crippen LogP) is 3.91. The molecule has 0 unspecified atom stereocenters. The Kier molecular flexibility index (Phi) is 3.96. The summed E-state index contributed by atoms with van der Waals surface area (Å²) >= 11 is 2.81. The molecule has 0 radical (unpaired) electrons. The van der Waals surface area contributed by atoms with Gasteiger partial charge < -0.3 is 9.31 Å². The summed E-state index contributed by atoms with van der Waals surface area (Å²) in [7, 11) is -1.19. The van der Waals surface area contributed by atoms with Crippen molar-refractivity contribution in [3.8, 4) is 0 Å². The van der Waals surface area contributed by atoms with Crippen LogP contribution in [0, 0.1) is 5.82 Å². The summed E-state index contributed by atoms with van der Waals surface area (Å²) in [5.74, 6) is -0.818. The zero-order valence-corrected chi connectivity index (χ0v) is 13.5. The molecule has 0 bridgehead atoms. The minimum atomic E-state index is -4.57. The first-order chi connectivity index (χ1) is 9.35. The molecule has 2 nitrogen and oxygen atoms in total. The van der Waals surface area contributed by atoms with Crippen molar-refractivity contribution in [2.24, 2.45) is 0 Å². The van der Waals surface area contributed by atoms with Crippen LogP contribution in [0.3, 0.4) is 0 Å². The molecule has 0 aromatic heterocycles. The SMILES string of the molecule is CC1(C)OB(c2cc(C(F)(F)F)cc(Br)c2F)OC1(C)C. The van der Waals surface area contributed by atoms with Gasteiger partial charge in [0.25, 0.3) is 0 Å². The molecule has 1 aliphatic heterocycles. The van der Waals surface area contributed by atoms with Gasteiger partial charge in [0.05, 0.1) is 21.2 Å². The lowest BCUT2D eigenvalue weighted by molar-refractivity contribution is -0.137. The normalized spacial score (nSPS) is 20.9. The van der Waals surface area contributed by atoms with Gasteiger partial charge in [-0.05, 0) is 55.8 Å². The molecule has 8 heteroatoms. The van der Waals surface area contributed by atoms with Gasteiger partial charge >= 0.3 is 13.3 Å². The number of rotatable bonds is 1. The van der Waals surface area contributed by atoms with Gasteiger partial charge in [-0.1, -0.05) is 0 Å². The molecule has 21 heavy (non-hydrogen) atoms. The fraction of sp³-hybridized carbons (Fsp3) is 0.538. The maximum atomic E-state index is 14.2. The smallest absolute Gasteiger partial charge is 0.399 e. The zero-order chi connectivity index (χ0) is 16.2. The van der Waals surface area contributed by atoms with E-state index in [0.717, 1.165) is 6.07 Å². The molecule has 0 aliphatic carbocycles. The van der Waals surface area contributed by atoms with Crippen LogP contribution in [-0.4, -0.2) is 18.3 Å². The van der Waals surface area contributed by atoms with E-state index in [1.807, 2.05) is 0 Å². The third-order valence-corrected chi connectivity index (χ3v) is 4.47. The van der Waals surface area contributed by atoms with Crippen molar-refractivity contribution in [3.05, 3.63) is 28.0 Å². The van der Waals surface area contributed by atoms with Crippen LogP contribution in [0.4, 0.5) is 17.6 Å². The molecule has 116 valence electrons. The lowest BCUT2D eigenvalue weighted by Gasteiger charge is -2.32. The Balaban J connectivity index is 2.48. The highest BCUT2D eigenvalue weighted by molar-refractivity contribution is 9.10. The van der Waals surface area contributed by atoms with Crippen molar-refractivity contribution in [3.63, 3.8) is 0 Å². The van der Waals surface area contributed by atoms with E-state index in [4.69, 9.17) is 9.31 Å². The molecule has 1 aliphatic rings. The molecule has 0 atom stereocenters. The second kappa shape index (κ2) is 4.96. The average molecular weight is 369 g/mol. The van der Waals surface area contributed by atoms with Crippen LogP contribution in [-0.2, 0) is 15.5 Å². The molecule has 0 spiro atoms. The summed E-state index contributed by atoms with van der Waals surface area (Å²) in [6.45, 7) is 6.97. The third kappa shape index (κ3) is 2.98. The van der Waals surface area contributed by atoms with Gasteiger partial charge in [0.15, 0.2) is 0 Å². The summed E-state index contributed by atoms with van der Waals surface area (Å²) in [5, 5.41) is 0. The van der Waals surface area contributed by atoms with Crippen LogP contribution < -0.4 is 5.46 Å². The first kappa shape index (κ1) is 16.8. The largest absolute Gasteiger partial charge is 0.497 e. The lowest BCUT2D eigenvalue weighted by Crippen LogP contribution is -2.41. The second-order valence-electron chi connectivity index (χ2n) is 5.95.